The molecule has 0 saturated heterocycles. The number of aromatic amines is 1. The van der Waals surface area contributed by atoms with E-state index in [1.807, 2.05) is 37.3 Å². The third-order valence-corrected chi connectivity index (χ3v) is 2.82. The summed E-state index contributed by atoms with van der Waals surface area (Å²) in [5, 5.41) is 2.57. The van der Waals surface area contributed by atoms with Crippen LogP contribution in [-0.4, -0.2) is 16.1 Å². The van der Waals surface area contributed by atoms with Crippen LogP contribution in [-0.2, 0) is 17.8 Å². The van der Waals surface area contributed by atoms with E-state index in [1.54, 1.807) is 6.07 Å². The van der Waals surface area contributed by atoms with E-state index in [9.17, 15) is 4.79 Å². The molecule has 6 heteroatoms. The minimum absolute atomic E-state index is 0.215. The highest BCUT2D eigenvalue weighted by molar-refractivity contribution is 7.71. The van der Waals surface area contributed by atoms with Gasteiger partial charge in [-0.3, -0.25) is 5.32 Å². The monoisotopic (exact) mass is 289 g/mol. The van der Waals surface area contributed by atoms with E-state index in [1.165, 1.54) is 0 Å². The minimum atomic E-state index is -0.552. The van der Waals surface area contributed by atoms with Crippen molar-refractivity contribution < 1.29 is 9.53 Å². The van der Waals surface area contributed by atoms with Gasteiger partial charge in [-0.1, -0.05) is 37.3 Å². The Hall–Kier alpha value is -2.21. The Morgan fingerprint density at radius 3 is 2.85 bits per heavy atom. The highest BCUT2D eigenvalue weighted by Gasteiger charge is 2.05. The average molecular weight is 289 g/mol. The number of H-pyrrole nitrogens is 1. The van der Waals surface area contributed by atoms with Gasteiger partial charge < -0.3 is 9.72 Å². The van der Waals surface area contributed by atoms with Crippen molar-refractivity contribution >= 4 is 24.1 Å². The molecule has 0 aliphatic carbocycles. The van der Waals surface area contributed by atoms with Crippen LogP contribution in [0.15, 0.2) is 36.4 Å². The predicted molar refractivity (Wildman–Crippen MR) is 79.0 cm³/mol. The summed E-state index contributed by atoms with van der Waals surface area (Å²) in [5.41, 5.74) is 1.83. The molecule has 20 heavy (non-hydrogen) atoms. The third kappa shape index (κ3) is 4.17. The van der Waals surface area contributed by atoms with E-state index in [2.05, 4.69) is 15.3 Å². The number of aromatic nitrogens is 2. The molecule has 2 aromatic rings. The van der Waals surface area contributed by atoms with Crippen LogP contribution in [0.5, 0.6) is 0 Å². The van der Waals surface area contributed by atoms with E-state index in [4.69, 9.17) is 17.0 Å². The maximum atomic E-state index is 11.7. The molecule has 0 spiro atoms. The molecule has 1 aromatic heterocycles. The summed E-state index contributed by atoms with van der Waals surface area (Å²) in [5.74, 6) is 0.392. The number of carbonyl (C=O) groups is 1. The Labute approximate surface area is 122 Å². The molecule has 1 aromatic carbocycles. The molecular weight excluding hydrogens is 274 g/mol. The van der Waals surface area contributed by atoms with Crippen LogP contribution in [0.2, 0.25) is 0 Å². The molecule has 0 aliphatic heterocycles. The van der Waals surface area contributed by atoms with Gasteiger partial charge in [0, 0.05) is 11.8 Å². The average Bonchev–Trinajstić information content (AvgIpc) is 2.45. The van der Waals surface area contributed by atoms with Crippen molar-refractivity contribution in [2.75, 3.05) is 5.32 Å². The fraction of sp³-hybridized carbons (Fsp3) is 0.214. The number of nitrogens with zero attached hydrogens (tertiary/aromatic N) is 1. The Morgan fingerprint density at radius 2 is 2.15 bits per heavy atom. The summed E-state index contributed by atoms with van der Waals surface area (Å²) in [6.45, 7) is 2.20. The molecule has 104 valence electrons. The zero-order valence-electron chi connectivity index (χ0n) is 11.1. The Morgan fingerprint density at radius 1 is 1.40 bits per heavy atom. The number of hydrogen-bond donors (Lipinski definition) is 2. The highest BCUT2D eigenvalue weighted by Crippen LogP contribution is 2.07. The molecule has 2 rings (SSSR count). The standard InChI is InChI=1S/C14H15N3O2S/c1-2-11-8-12(16-13(20)15-11)17-14(18)19-9-10-6-4-3-5-7-10/h3-8H,2,9H2,1H3,(H2,15,16,17,18,20). The van der Waals surface area contributed by atoms with E-state index in [-0.39, 0.29) is 6.61 Å². The number of ether oxygens (including phenoxy) is 1. The molecule has 0 atom stereocenters. The second kappa shape index (κ2) is 6.81. The smallest absolute Gasteiger partial charge is 0.413 e. The number of amides is 1. The van der Waals surface area contributed by atoms with Gasteiger partial charge in [-0.05, 0) is 24.2 Å². The molecule has 0 bridgehead atoms. The Kier molecular flexibility index (Phi) is 4.84. The van der Waals surface area contributed by atoms with Crippen LogP contribution in [0.3, 0.4) is 0 Å². The van der Waals surface area contributed by atoms with Crippen LogP contribution in [0.25, 0.3) is 0 Å². The zero-order valence-corrected chi connectivity index (χ0v) is 11.9. The quantitative estimate of drug-likeness (QED) is 0.846. The fourth-order valence-electron chi connectivity index (χ4n) is 1.63. The van der Waals surface area contributed by atoms with Crippen molar-refractivity contribution in [2.24, 2.45) is 0 Å². The van der Waals surface area contributed by atoms with Crippen LogP contribution >= 0.6 is 12.2 Å². The van der Waals surface area contributed by atoms with E-state index >= 15 is 0 Å². The summed E-state index contributed by atoms with van der Waals surface area (Å²) in [7, 11) is 0. The van der Waals surface area contributed by atoms with Gasteiger partial charge in [0.25, 0.3) is 0 Å². The van der Waals surface area contributed by atoms with Crippen LogP contribution in [0.4, 0.5) is 10.6 Å². The number of nitrogens with one attached hydrogen (secondary N) is 2. The van der Waals surface area contributed by atoms with Crippen LogP contribution in [0, 0.1) is 4.77 Å². The van der Waals surface area contributed by atoms with Crippen molar-refractivity contribution in [1.82, 2.24) is 9.97 Å². The Bertz CT molecular complexity index is 640. The number of anilines is 1. The molecule has 0 radical (unpaired) electrons. The Balaban J connectivity index is 1.94. The lowest BCUT2D eigenvalue weighted by Gasteiger charge is -2.07. The molecule has 0 fully saturated rings. The maximum Gasteiger partial charge on any atom is 0.413 e. The maximum absolute atomic E-state index is 11.7. The lowest BCUT2D eigenvalue weighted by Crippen LogP contribution is -2.15. The molecule has 0 saturated carbocycles. The number of hydrogen-bond acceptors (Lipinski definition) is 4. The molecule has 0 aliphatic rings. The first kappa shape index (κ1) is 14.2. The van der Waals surface area contributed by atoms with E-state index in [0.29, 0.717) is 10.6 Å². The molecule has 1 amide bonds. The topological polar surface area (TPSA) is 67.0 Å². The second-order valence-electron chi connectivity index (χ2n) is 4.14. The first-order valence-corrected chi connectivity index (χ1v) is 6.66. The van der Waals surface area contributed by atoms with Crippen molar-refractivity contribution in [3.8, 4) is 0 Å². The first-order valence-electron chi connectivity index (χ1n) is 6.25. The van der Waals surface area contributed by atoms with E-state index < -0.39 is 6.09 Å². The van der Waals surface area contributed by atoms with Gasteiger partial charge in [-0.2, -0.15) is 0 Å². The summed E-state index contributed by atoms with van der Waals surface area (Å²) in [6.07, 6.45) is 0.226. The van der Waals surface area contributed by atoms with E-state index in [0.717, 1.165) is 17.7 Å². The normalized spacial score (nSPS) is 10.1. The number of aryl methyl sites for hydroxylation is 1. The van der Waals surface area contributed by atoms with Crippen molar-refractivity contribution in [3.63, 3.8) is 0 Å². The molecular formula is C14H15N3O2S. The fourth-order valence-corrected chi connectivity index (χ4v) is 1.86. The molecule has 5 nitrogen and oxygen atoms in total. The van der Waals surface area contributed by atoms with Gasteiger partial charge >= 0.3 is 6.09 Å². The minimum Gasteiger partial charge on any atom is -0.444 e. The third-order valence-electron chi connectivity index (χ3n) is 2.62. The van der Waals surface area contributed by atoms with Gasteiger partial charge in [0.05, 0.1) is 0 Å². The highest BCUT2D eigenvalue weighted by atomic mass is 32.1. The van der Waals surface area contributed by atoms with Crippen molar-refractivity contribution in [3.05, 3.63) is 52.4 Å². The van der Waals surface area contributed by atoms with Gasteiger partial charge in [0.2, 0.25) is 0 Å². The lowest BCUT2D eigenvalue weighted by molar-refractivity contribution is 0.155. The van der Waals surface area contributed by atoms with Crippen molar-refractivity contribution in [2.45, 2.75) is 20.0 Å². The SMILES string of the molecule is CCc1cc(NC(=O)OCc2ccccc2)nc(=S)[nH]1. The molecule has 2 N–H and O–H groups in total. The summed E-state index contributed by atoms with van der Waals surface area (Å²) >= 11 is 4.99. The largest absolute Gasteiger partial charge is 0.444 e. The number of rotatable bonds is 4. The van der Waals surface area contributed by atoms with Crippen LogP contribution < -0.4 is 5.32 Å². The summed E-state index contributed by atoms with van der Waals surface area (Å²) < 4.78 is 5.45. The number of carbonyl (C=O) groups excluding carboxylic acids is 1. The van der Waals surface area contributed by atoms with Crippen LogP contribution in [0.1, 0.15) is 18.2 Å². The van der Waals surface area contributed by atoms with Gasteiger partial charge in [-0.15, -0.1) is 0 Å². The molecule has 0 unspecified atom stereocenters. The second-order valence-corrected chi connectivity index (χ2v) is 4.52. The molecule has 1 heterocycles. The van der Waals surface area contributed by atoms with Gasteiger partial charge in [0.1, 0.15) is 12.4 Å². The number of benzene rings is 1. The summed E-state index contributed by atoms with van der Waals surface area (Å²) in [4.78, 5) is 18.6. The van der Waals surface area contributed by atoms with Gasteiger partial charge in [-0.25, -0.2) is 9.78 Å². The summed E-state index contributed by atoms with van der Waals surface area (Å²) in [6, 6.07) is 11.2. The predicted octanol–water partition coefficient (Wildman–Crippen LogP) is 3.45. The van der Waals surface area contributed by atoms with Crippen molar-refractivity contribution in [1.29, 1.82) is 0 Å². The van der Waals surface area contributed by atoms with Gasteiger partial charge in [0.15, 0.2) is 4.77 Å². The zero-order chi connectivity index (χ0) is 14.4. The lowest BCUT2D eigenvalue weighted by atomic mass is 10.2. The first-order chi connectivity index (χ1) is 9.67.